The summed E-state index contributed by atoms with van der Waals surface area (Å²) in [4.78, 5) is 35.7. The van der Waals surface area contributed by atoms with Crippen molar-refractivity contribution in [3.63, 3.8) is 0 Å². The van der Waals surface area contributed by atoms with E-state index in [1.165, 1.54) is 12.1 Å². The maximum Gasteiger partial charge on any atom is 0.416 e. The molecule has 3 aromatic rings. The molecule has 0 aliphatic carbocycles. The second-order valence-corrected chi connectivity index (χ2v) is 8.94. The number of anilines is 1. The Morgan fingerprint density at radius 3 is 2.41 bits per heavy atom. The van der Waals surface area contributed by atoms with Crippen molar-refractivity contribution in [2.24, 2.45) is 0 Å². The number of carbonyl (C=O) groups excluding carboxylic acids is 1. The Kier molecular flexibility index (Phi) is 8.01. The molecule has 1 N–H and O–H groups in total. The monoisotopic (exact) mass is 535 g/mol. The molecule has 1 aliphatic heterocycles. The lowest BCUT2D eigenvalue weighted by Gasteiger charge is -2.32. The van der Waals surface area contributed by atoms with Gasteiger partial charge in [-0.2, -0.15) is 23.1 Å². The second-order valence-electron chi connectivity index (χ2n) is 8.53. The van der Waals surface area contributed by atoms with E-state index in [1.54, 1.807) is 24.3 Å². The number of alkyl halides is 3. The molecule has 2 aromatic carbocycles. The predicted molar refractivity (Wildman–Crippen MR) is 133 cm³/mol. The van der Waals surface area contributed by atoms with E-state index in [0.29, 0.717) is 43.1 Å². The Morgan fingerprint density at radius 1 is 1.11 bits per heavy atom. The number of aromatic nitrogens is 3. The third-order valence-electron chi connectivity index (χ3n) is 5.91. The number of piperidine rings is 1. The van der Waals surface area contributed by atoms with Crippen LogP contribution in [0.25, 0.3) is 17.1 Å². The lowest BCUT2D eigenvalue weighted by molar-refractivity contribution is -0.137. The molecule has 37 heavy (non-hydrogen) atoms. The SMILES string of the molecule is CCCOC(=O)NC1CCN(c2nc(-c3ccccc3Cl)n(-c3ccc(C(F)(F)F)cc3)c(=O)n2)CC1. The maximum absolute atomic E-state index is 13.2. The minimum Gasteiger partial charge on any atom is -0.450 e. The molecule has 0 saturated carbocycles. The number of carbonyl (C=O) groups is 1. The van der Waals surface area contributed by atoms with Gasteiger partial charge in [-0.1, -0.05) is 30.7 Å². The minimum absolute atomic E-state index is 0.0869. The van der Waals surface area contributed by atoms with Crippen molar-refractivity contribution in [1.82, 2.24) is 19.9 Å². The normalized spacial score (nSPS) is 14.5. The first-order valence-corrected chi connectivity index (χ1v) is 12.2. The van der Waals surface area contributed by atoms with Gasteiger partial charge in [0.2, 0.25) is 5.95 Å². The summed E-state index contributed by atoms with van der Waals surface area (Å²) in [6, 6.07) is 10.9. The number of hydrogen-bond acceptors (Lipinski definition) is 6. The molecular weight excluding hydrogens is 511 g/mol. The molecule has 2 heterocycles. The van der Waals surface area contributed by atoms with Crippen LogP contribution in [0.2, 0.25) is 5.02 Å². The standard InChI is InChI=1S/C25H25ClF3N5O3/c1-2-15-37-24(36)30-17-11-13-33(14-12-17)22-31-21(19-5-3-4-6-20(19)26)34(23(35)32-22)18-9-7-16(8-10-18)25(27,28)29/h3-10,17H,2,11-15H2,1H3,(H,30,36). The number of halogens is 4. The summed E-state index contributed by atoms with van der Waals surface area (Å²) in [7, 11) is 0. The van der Waals surface area contributed by atoms with Gasteiger partial charge in [-0.3, -0.25) is 0 Å². The van der Waals surface area contributed by atoms with Crippen LogP contribution in [-0.4, -0.2) is 46.4 Å². The van der Waals surface area contributed by atoms with Gasteiger partial charge in [0.1, 0.15) is 0 Å². The summed E-state index contributed by atoms with van der Waals surface area (Å²) in [5, 5.41) is 3.16. The molecule has 1 fully saturated rings. The van der Waals surface area contributed by atoms with E-state index < -0.39 is 23.5 Å². The highest BCUT2D eigenvalue weighted by Crippen LogP contribution is 2.31. The summed E-state index contributed by atoms with van der Waals surface area (Å²) in [6.45, 7) is 3.21. The number of ether oxygens (including phenoxy) is 1. The molecule has 0 bridgehead atoms. The van der Waals surface area contributed by atoms with E-state index in [2.05, 4.69) is 15.3 Å². The Bertz CT molecular complexity index is 1310. The zero-order chi connectivity index (χ0) is 26.6. The van der Waals surface area contributed by atoms with Crippen LogP contribution in [0.4, 0.5) is 23.9 Å². The molecule has 1 saturated heterocycles. The fourth-order valence-corrected chi connectivity index (χ4v) is 4.24. The first-order chi connectivity index (χ1) is 17.7. The molecule has 0 radical (unpaired) electrons. The number of nitrogens with one attached hydrogen (secondary N) is 1. The van der Waals surface area contributed by atoms with Crippen LogP contribution in [0.5, 0.6) is 0 Å². The number of benzene rings is 2. The van der Waals surface area contributed by atoms with Crippen molar-refractivity contribution >= 4 is 23.6 Å². The first-order valence-electron chi connectivity index (χ1n) is 11.8. The van der Waals surface area contributed by atoms with E-state index in [9.17, 15) is 22.8 Å². The summed E-state index contributed by atoms with van der Waals surface area (Å²) >= 11 is 6.41. The summed E-state index contributed by atoms with van der Waals surface area (Å²) in [6.07, 6.45) is -3.06. The Hall–Kier alpha value is -3.60. The van der Waals surface area contributed by atoms with Gasteiger partial charge >= 0.3 is 18.0 Å². The number of amides is 1. The average Bonchev–Trinajstić information content (AvgIpc) is 2.87. The quantitative estimate of drug-likeness (QED) is 0.474. The fraction of sp³-hybridized carbons (Fsp3) is 0.360. The maximum atomic E-state index is 13.2. The van der Waals surface area contributed by atoms with E-state index in [-0.39, 0.29) is 23.5 Å². The van der Waals surface area contributed by atoms with Crippen LogP contribution in [0, 0.1) is 0 Å². The Balaban J connectivity index is 1.65. The van der Waals surface area contributed by atoms with Crippen LogP contribution in [0.15, 0.2) is 53.3 Å². The smallest absolute Gasteiger partial charge is 0.416 e. The van der Waals surface area contributed by atoms with Gasteiger partial charge in [0, 0.05) is 24.7 Å². The van der Waals surface area contributed by atoms with Crippen molar-refractivity contribution in [3.05, 3.63) is 69.6 Å². The van der Waals surface area contributed by atoms with Gasteiger partial charge in [0.25, 0.3) is 0 Å². The largest absolute Gasteiger partial charge is 0.450 e. The van der Waals surface area contributed by atoms with Crippen LogP contribution < -0.4 is 15.9 Å². The molecule has 0 unspecified atom stereocenters. The van der Waals surface area contributed by atoms with E-state index in [0.717, 1.165) is 23.1 Å². The highest BCUT2D eigenvalue weighted by molar-refractivity contribution is 6.33. The van der Waals surface area contributed by atoms with Crippen molar-refractivity contribution in [2.45, 2.75) is 38.4 Å². The van der Waals surface area contributed by atoms with E-state index in [1.807, 2.05) is 11.8 Å². The van der Waals surface area contributed by atoms with Crippen LogP contribution in [0.1, 0.15) is 31.7 Å². The first kappa shape index (κ1) is 26.5. The van der Waals surface area contributed by atoms with Crippen molar-refractivity contribution < 1.29 is 22.7 Å². The third-order valence-corrected chi connectivity index (χ3v) is 6.24. The van der Waals surface area contributed by atoms with Gasteiger partial charge < -0.3 is 15.0 Å². The molecule has 0 atom stereocenters. The van der Waals surface area contributed by atoms with Gasteiger partial charge in [0.05, 0.1) is 22.9 Å². The topological polar surface area (TPSA) is 89.4 Å². The highest BCUT2D eigenvalue weighted by atomic mass is 35.5. The van der Waals surface area contributed by atoms with Gasteiger partial charge in [-0.05, 0) is 55.7 Å². The molecule has 0 spiro atoms. The highest BCUT2D eigenvalue weighted by Gasteiger charge is 2.30. The lowest BCUT2D eigenvalue weighted by Crippen LogP contribution is -2.46. The van der Waals surface area contributed by atoms with Crippen LogP contribution >= 0.6 is 11.6 Å². The number of nitrogens with zero attached hydrogens (tertiary/aromatic N) is 4. The Labute approximate surface area is 216 Å². The summed E-state index contributed by atoms with van der Waals surface area (Å²) in [5.74, 6) is 0.332. The third kappa shape index (κ3) is 6.22. The summed E-state index contributed by atoms with van der Waals surface area (Å²) < 4.78 is 45.4. The van der Waals surface area contributed by atoms with Crippen molar-refractivity contribution in [2.75, 3.05) is 24.6 Å². The zero-order valence-corrected chi connectivity index (χ0v) is 20.7. The number of rotatable bonds is 6. The Morgan fingerprint density at radius 2 is 1.78 bits per heavy atom. The molecular formula is C25H25ClF3N5O3. The van der Waals surface area contributed by atoms with E-state index in [4.69, 9.17) is 16.3 Å². The minimum atomic E-state index is -4.51. The predicted octanol–water partition coefficient (Wildman–Crippen LogP) is 5.07. The van der Waals surface area contributed by atoms with Crippen LogP contribution in [0.3, 0.4) is 0 Å². The van der Waals surface area contributed by atoms with Gasteiger partial charge in [-0.15, -0.1) is 0 Å². The van der Waals surface area contributed by atoms with Crippen LogP contribution in [-0.2, 0) is 10.9 Å². The number of hydrogen-bond donors (Lipinski definition) is 1. The van der Waals surface area contributed by atoms with Crippen molar-refractivity contribution in [3.8, 4) is 17.1 Å². The second kappa shape index (κ2) is 11.2. The van der Waals surface area contributed by atoms with Crippen molar-refractivity contribution in [1.29, 1.82) is 0 Å². The molecule has 8 nitrogen and oxygen atoms in total. The lowest BCUT2D eigenvalue weighted by atomic mass is 10.1. The molecule has 196 valence electrons. The molecule has 1 amide bonds. The van der Waals surface area contributed by atoms with Gasteiger partial charge in [-0.25, -0.2) is 14.2 Å². The molecule has 1 aromatic heterocycles. The molecule has 1 aliphatic rings. The summed E-state index contributed by atoms with van der Waals surface area (Å²) in [5.41, 5.74) is -0.938. The molecule has 4 rings (SSSR count). The number of alkyl carbamates (subject to hydrolysis) is 1. The van der Waals surface area contributed by atoms with Gasteiger partial charge in [0.15, 0.2) is 5.82 Å². The molecule has 12 heteroatoms. The average molecular weight is 536 g/mol. The fourth-order valence-electron chi connectivity index (χ4n) is 4.02. The van der Waals surface area contributed by atoms with E-state index >= 15 is 0 Å². The zero-order valence-electron chi connectivity index (χ0n) is 20.0.